The second kappa shape index (κ2) is 5.23. The molecule has 0 bridgehead atoms. The maximum Gasteiger partial charge on any atom is 0.258 e. The normalized spacial score (nSPS) is 10.2. The highest BCUT2D eigenvalue weighted by molar-refractivity contribution is 9.10. The largest absolute Gasteiger partial charge is 0.334 e. The zero-order valence-electron chi connectivity index (χ0n) is 10.1. The van der Waals surface area contributed by atoms with Crippen LogP contribution in [0.3, 0.4) is 0 Å². The van der Waals surface area contributed by atoms with E-state index in [0.717, 1.165) is 10.0 Å². The van der Waals surface area contributed by atoms with Gasteiger partial charge in [0.15, 0.2) is 0 Å². The average molecular weight is 327 g/mol. The molecule has 0 atom stereocenters. The Bertz CT molecular complexity index is 807. The van der Waals surface area contributed by atoms with E-state index >= 15 is 0 Å². The molecule has 0 unspecified atom stereocenters. The van der Waals surface area contributed by atoms with Gasteiger partial charge in [0.25, 0.3) is 5.89 Å². The van der Waals surface area contributed by atoms with Crippen molar-refractivity contribution < 1.29 is 4.52 Å². The molecule has 0 saturated carbocycles. The Balaban J connectivity index is 2.02. The van der Waals surface area contributed by atoms with Gasteiger partial charge in [-0.3, -0.25) is 0 Å². The average Bonchev–Trinajstić information content (AvgIpc) is 2.97. The predicted octanol–water partition coefficient (Wildman–Crippen LogP) is 3.43. The third-order valence-electron chi connectivity index (χ3n) is 2.66. The number of hydrogen-bond acceptors (Lipinski definition) is 5. The molecule has 0 aliphatic carbocycles. The van der Waals surface area contributed by atoms with E-state index in [1.807, 2.05) is 30.3 Å². The van der Waals surface area contributed by atoms with E-state index in [4.69, 9.17) is 9.78 Å². The third-order valence-corrected chi connectivity index (χ3v) is 3.35. The third kappa shape index (κ3) is 2.31. The molecule has 0 aliphatic heterocycles. The minimum atomic E-state index is 0.308. The summed E-state index contributed by atoms with van der Waals surface area (Å²) in [5, 5.41) is 12.8. The minimum Gasteiger partial charge on any atom is -0.334 e. The molecule has 5 nitrogen and oxygen atoms in total. The number of benzene rings is 1. The van der Waals surface area contributed by atoms with Crippen LogP contribution in [-0.2, 0) is 0 Å². The van der Waals surface area contributed by atoms with Gasteiger partial charge in [-0.15, -0.1) is 0 Å². The molecule has 0 N–H and O–H groups in total. The van der Waals surface area contributed by atoms with Gasteiger partial charge in [0.05, 0.1) is 0 Å². The molecule has 20 heavy (non-hydrogen) atoms. The van der Waals surface area contributed by atoms with E-state index in [0.29, 0.717) is 23.0 Å². The summed E-state index contributed by atoms with van der Waals surface area (Å²) in [6.45, 7) is 0. The molecule has 0 radical (unpaired) electrons. The quantitative estimate of drug-likeness (QED) is 0.721. The molecule has 2 heterocycles. The summed E-state index contributed by atoms with van der Waals surface area (Å²) in [5.41, 5.74) is 1.82. The molecule has 2 aromatic heterocycles. The van der Waals surface area contributed by atoms with E-state index < -0.39 is 0 Å². The number of hydrogen-bond donors (Lipinski definition) is 0. The molecule has 3 aromatic rings. The van der Waals surface area contributed by atoms with Gasteiger partial charge >= 0.3 is 0 Å². The van der Waals surface area contributed by atoms with Crippen molar-refractivity contribution >= 4 is 15.9 Å². The summed E-state index contributed by atoms with van der Waals surface area (Å²) in [4.78, 5) is 8.25. The van der Waals surface area contributed by atoms with Crippen LogP contribution in [0, 0.1) is 11.3 Å². The Morgan fingerprint density at radius 1 is 1.20 bits per heavy atom. The second-order valence-corrected chi connectivity index (χ2v) is 4.80. The summed E-state index contributed by atoms with van der Waals surface area (Å²) in [5.74, 6) is 0.845. The summed E-state index contributed by atoms with van der Waals surface area (Å²) < 4.78 is 6.13. The van der Waals surface area contributed by atoms with Crippen LogP contribution < -0.4 is 0 Å². The highest BCUT2D eigenvalue weighted by Gasteiger charge is 2.13. The fourth-order valence-electron chi connectivity index (χ4n) is 1.72. The first kappa shape index (κ1) is 12.5. The first-order valence-corrected chi connectivity index (χ1v) is 6.52. The van der Waals surface area contributed by atoms with Crippen LogP contribution in [0.25, 0.3) is 22.8 Å². The van der Waals surface area contributed by atoms with Gasteiger partial charge in [-0.2, -0.15) is 10.2 Å². The maximum atomic E-state index is 8.84. The number of rotatable bonds is 2. The van der Waals surface area contributed by atoms with Gasteiger partial charge in [0, 0.05) is 21.8 Å². The van der Waals surface area contributed by atoms with E-state index in [-0.39, 0.29) is 0 Å². The lowest BCUT2D eigenvalue weighted by Crippen LogP contribution is -1.85. The Hall–Kier alpha value is -2.52. The van der Waals surface area contributed by atoms with Crippen molar-refractivity contribution in [3.8, 4) is 28.9 Å². The first-order chi connectivity index (χ1) is 9.78. The Morgan fingerprint density at radius 3 is 2.85 bits per heavy atom. The lowest BCUT2D eigenvalue weighted by atomic mass is 10.2. The van der Waals surface area contributed by atoms with Crippen molar-refractivity contribution in [2.75, 3.05) is 0 Å². The molecule has 0 fully saturated rings. The van der Waals surface area contributed by atoms with Gasteiger partial charge in [-0.25, -0.2) is 4.98 Å². The van der Waals surface area contributed by atoms with Crippen LogP contribution in [0.4, 0.5) is 0 Å². The van der Waals surface area contributed by atoms with Crippen molar-refractivity contribution in [1.82, 2.24) is 15.1 Å². The summed E-state index contributed by atoms with van der Waals surface area (Å²) >= 11 is 3.45. The van der Waals surface area contributed by atoms with Crippen LogP contribution in [0.15, 0.2) is 51.6 Å². The molecule has 6 heteroatoms. The van der Waals surface area contributed by atoms with Crippen LogP contribution in [0.1, 0.15) is 5.69 Å². The first-order valence-electron chi connectivity index (χ1n) is 5.73. The summed E-state index contributed by atoms with van der Waals surface area (Å²) in [6.07, 6.45) is 1.54. The Kier molecular flexibility index (Phi) is 3.27. The molecule has 0 spiro atoms. The van der Waals surface area contributed by atoms with Gasteiger partial charge in [-0.1, -0.05) is 33.2 Å². The Morgan fingerprint density at radius 2 is 2.05 bits per heavy atom. The number of nitrogens with zero attached hydrogens (tertiary/aromatic N) is 4. The van der Waals surface area contributed by atoms with Gasteiger partial charge in [0.1, 0.15) is 11.8 Å². The number of halogens is 1. The SMILES string of the molecule is N#Cc1cc(-c2nc(-c3ccccc3Br)no2)ccn1. The molecule has 1 aromatic carbocycles. The zero-order valence-corrected chi connectivity index (χ0v) is 11.7. The van der Waals surface area contributed by atoms with Crippen molar-refractivity contribution in [3.05, 3.63) is 52.8 Å². The van der Waals surface area contributed by atoms with E-state index in [1.165, 1.54) is 6.20 Å². The van der Waals surface area contributed by atoms with E-state index in [2.05, 4.69) is 31.1 Å². The predicted molar refractivity (Wildman–Crippen MR) is 75.4 cm³/mol. The highest BCUT2D eigenvalue weighted by Crippen LogP contribution is 2.27. The van der Waals surface area contributed by atoms with Crippen molar-refractivity contribution in [1.29, 1.82) is 5.26 Å². The molecule has 0 amide bonds. The summed E-state index contributed by atoms with van der Waals surface area (Å²) in [7, 11) is 0. The van der Waals surface area contributed by atoms with Gasteiger partial charge < -0.3 is 4.52 Å². The second-order valence-electron chi connectivity index (χ2n) is 3.94. The maximum absolute atomic E-state index is 8.84. The van der Waals surface area contributed by atoms with Crippen LogP contribution in [-0.4, -0.2) is 15.1 Å². The monoisotopic (exact) mass is 326 g/mol. The minimum absolute atomic E-state index is 0.308. The standard InChI is InChI=1S/C14H7BrN4O/c15-12-4-2-1-3-11(12)13-18-14(20-19-13)9-5-6-17-10(7-9)8-16/h1-7H. The fourth-order valence-corrected chi connectivity index (χ4v) is 2.18. The molecule has 0 saturated heterocycles. The van der Waals surface area contributed by atoms with Crippen LogP contribution in [0.2, 0.25) is 0 Å². The van der Waals surface area contributed by atoms with E-state index in [1.54, 1.807) is 12.1 Å². The number of pyridine rings is 1. The molecular weight excluding hydrogens is 320 g/mol. The van der Waals surface area contributed by atoms with Gasteiger partial charge in [0.2, 0.25) is 5.82 Å². The molecule has 96 valence electrons. The topological polar surface area (TPSA) is 75.6 Å². The Labute approximate surface area is 123 Å². The van der Waals surface area contributed by atoms with Crippen LogP contribution in [0.5, 0.6) is 0 Å². The fraction of sp³-hybridized carbons (Fsp3) is 0. The van der Waals surface area contributed by atoms with Crippen molar-refractivity contribution in [2.45, 2.75) is 0 Å². The van der Waals surface area contributed by atoms with Crippen molar-refractivity contribution in [2.24, 2.45) is 0 Å². The number of aromatic nitrogens is 3. The molecule has 3 rings (SSSR count). The highest BCUT2D eigenvalue weighted by atomic mass is 79.9. The van der Waals surface area contributed by atoms with Crippen molar-refractivity contribution in [3.63, 3.8) is 0 Å². The smallest absolute Gasteiger partial charge is 0.258 e. The zero-order chi connectivity index (χ0) is 13.9. The molecular formula is C14H7BrN4O. The van der Waals surface area contributed by atoms with Crippen LogP contribution >= 0.6 is 15.9 Å². The molecule has 0 aliphatic rings. The lowest BCUT2D eigenvalue weighted by Gasteiger charge is -1.96. The summed E-state index contributed by atoms with van der Waals surface area (Å²) in [6, 6.07) is 12.9. The van der Waals surface area contributed by atoms with E-state index in [9.17, 15) is 0 Å². The lowest BCUT2D eigenvalue weighted by molar-refractivity contribution is 0.432. The van der Waals surface area contributed by atoms with Gasteiger partial charge in [-0.05, 0) is 24.3 Å². The number of nitriles is 1.